The Bertz CT molecular complexity index is 736. The van der Waals surface area contributed by atoms with E-state index >= 15 is 0 Å². The second-order valence-corrected chi connectivity index (χ2v) is 7.62. The zero-order chi connectivity index (χ0) is 17.7. The van der Waals surface area contributed by atoms with Gasteiger partial charge in [-0.05, 0) is 55.5 Å². The largest absolute Gasteiger partial charge is 0.356 e. The third kappa shape index (κ3) is 4.82. The van der Waals surface area contributed by atoms with Gasteiger partial charge in [0.15, 0.2) is 5.96 Å². The number of hydrogen-bond donors (Lipinski definition) is 2. The minimum atomic E-state index is 0.252. The van der Waals surface area contributed by atoms with Gasteiger partial charge in [0.05, 0.1) is 0 Å². The van der Waals surface area contributed by atoms with Crippen molar-refractivity contribution in [2.75, 3.05) is 20.1 Å². The van der Waals surface area contributed by atoms with Crippen LogP contribution in [0.4, 0.5) is 0 Å². The van der Waals surface area contributed by atoms with Crippen molar-refractivity contribution in [3.8, 4) is 0 Å². The van der Waals surface area contributed by atoms with Crippen LogP contribution in [0.15, 0.2) is 52.1 Å². The van der Waals surface area contributed by atoms with Gasteiger partial charge in [0.2, 0.25) is 0 Å². The third-order valence-corrected chi connectivity index (χ3v) is 5.28. The van der Waals surface area contributed by atoms with Gasteiger partial charge in [0, 0.05) is 41.9 Å². The molecule has 0 unspecified atom stereocenters. The second kappa shape index (κ2) is 8.00. The predicted molar refractivity (Wildman–Crippen MR) is 107 cm³/mol. The topological polar surface area (TPSA) is 49.3 Å². The molecule has 2 N–H and O–H groups in total. The first-order chi connectivity index (χ1) is 12.1. The fourth-order valence-electron chi connectivity index (χ4n) is 2.98. The molecule has 1 fully saturated rings. The van der Waals surface area contributed by atoms with Crippen LogP contribution in [0.2, 0.25) is 0 Å². The molecule has 1 heterocycles. The Balaban J connectivity index is 1.49. The van der Waals surface area contributed by atoms with Gasteiger partial charge in [0.1, 0.15) is 0 Å². The Morgan fingerprint density at radius 3 is 2.72 bits per heavy atom. The number of guanidine groups is 1. The molecule has 0 amide bonds. The van der Waals surface area contributed by atoms with E-state index in [1.54, 1.807) is 0 Å². The lowest BCUT2D eigenvalue weighted by molar-refractivity contribution is 0.645. The number of halogens is 1. The van der Waals surface area contributed by atoms with E-state index in [1.165, 1.54) is 24.0 Å². The van der Waals surface area contributed by atoms with Gasteiger partial charge in [-0.2, -0.15) is 0 Å². The van der Waals surface area contributed by atoms with Crippen molar-refractivity contribution in [3.05, 3.63) is 63.9 Å². The first kappa shape index (κ1) is 17.9. The molecular weight excluding hydrogens is 376 g/mol. The smallest absolute Gasteiger partial charge is 0.191 e. The molecule has 1 aromatic heterocycles. The van der Waals surface area contributed by atoms with Crippen LogP contribution in [0.1, 0.15) is 29.7 Å². The van der Waals surface area contributed by atoms with Gasteiger partial charge >= 0.3 is 0 Å². The Morgan fingerprint density at radius 1 is 1.24 bits per heavy atom. The van der Waals surface area contributed by atoms with E-state index in [-0.39, 0.29) is 5.41 Å². The molecule has 132 valence electrons. The quantitative estimate of drug-likeness (QED) is 0.575. The number of pyridine rings is 1. The van der Waals surface area contributed by atoms with E-state index in [9.17, 15) is 0 Å². The maximum absolute atomic E-state index is 4.34. The van der Waals surface area contributed by atoms with Crippen molar-refractivity contribution in [2.24, 2.45) is 4.99 Å². The summed E-state index contributed by atoms with van der Waals surface area (Å²) >= 11 is 3.58. The molecule has 25 heavy (non-hydrogen) atoms. The van der Waals surface area contributed by atoms with Crippen LogP contribution in [0.3, 0.4) is 0 Å². The lowest BCUT2D eigenvalue weighted by Crippen LogP contribution is -2.42. The minimum absolute atomic E-state index is 0.252. The first-order valence-corrected chi connectivity index (χ1v) is 9.53. The predicted octanol–water partition coefficient (Wildman–Crippen LogP) is 3.59. The van der Waals surface area contributed by atoms with E-state index < -0.39 is 0 Å². The van der Waals surface area contributed by atoms with Gasteiger partial charge in [-0.25, -0.2) is 0 Å². The number of nitrogens with zero attached hydrogens (tertiary/aromatic N) is 2. The second-order valence-electron chi connectivity index (χ2n) is 6.70. The van der Waals surface area contributed by atoms with Gasteiger partial charge in [-0.15, -0.1) is 0 Å². The average Bonchev–Trinajstić information content (AvgIpc) is 3.41. The van der Waals surface area contributed by atoms with Crippen molar-refractivity contribution in [2.45, 2.75) is 31.6 Å². The van der Waals surface area contributed by atoms with Crippen molar-refractivity contribution >= 4 is 21.9 Å². The number of nitrogens with one attached hydrogen (secondary N) is 2. The molecule has 1 aliphatic rings. The highest BCUT2D eigenvalue weighted by molar-refractivity contribution is 9.10. The number of aliphatic imine (C=N–C) groups is 1. The zero-order valence-electron chi connectivity index (χ0n) is 14.8. The number of rotatable bonds is 6. The van der Waals surface area contributed by atoms with Crippen molar-refractivity contribution in [3.63, 3.8) is 0 Å². The molecule has 0 atom stereocenters. The summed E-state index contributed by atoms with van der Waals surface area (Å²) < 4.78 is 1.14. The maximum atomic E-state index is 4.34. The molecule has 4 nitrogen and oxygen atoms in total. The lowest BCUT2D eigenvalue weighted by Gasteiger charge is -2.19. The van der Waals surface area contributed by atoms with E-state index in [0.717, 1.165) is 35.6 Å². The maximum Gasteiger partial charge on any atom is 0.191 e. The molecule has 1 saturated carbocycles. The molecule has 1 aliphatic carbocycles. The summed E-state index contributed by atoms with van der Waals surface area (Å²) in [6.45, 7) is 3.76. The molecule has 3 rings (SSSR count). The van der Waals surface area contributed by atoms with Crippen LogP contribution in [-0.4, -0.2) is 31.1 Å². The van der Waals surface area contributed by atoms with Crippen LogP contribution in [0, 0.1) is 6.92 Å². The fraction of sp³-hybridized carbons (Fsp3) is 0.400. The zero-order valence-corrected chi connectivity index (χ0v) is 16.4. The summed E-state index contributed by atoms with van der Waals surface area (Å²) in [6, 6.07) is 12.8. The summed E-state index contributed by atoms with van der Waals surface area (Å²) in [5.74, 6) is 0.862. The van der Waals surface area contributed by atoms with Crippen LogP contribution in [0.25, 0.3) is 0 Å². The molecular formula is C20H25BrN4. The van der Waals surface area contributed by atoms with E-state index in [1.807, 2.05) is 20.2 Å². The van der Waals surface area contributed by atoms with E-state index in [4.69, 9.17) is 0 Å². The highest BCUT2D eigenvalue weighted by Gasteiger charge is 2.44. The van der Waals surface area contributed by atoms with Gasteiger partial charge in [-0.1, -0.05) is 34.1 Å². The number of benzene rings is 1. The SMILES string of the molecule is CN=C(NCCc1ccc(C)nc1)NCC1(c2cccc(Br)c2)CC1. The average molecular weight is 401 g/mol. The molecule has 0 spiro atoms. The molecule has 0 aliphatic heterocycles. The summed E-state index contributed by atoms with van der Waals surface area (Å²) in [6.07, 6.45) is 5.33. The molecule has 1 aromatic carbocycles. The normalized spacial score (nSPS) is 15.7. The number of hydrogen-bond acceptors (Lipinski definition) is 2. The van der Waals surface area contributed by atoms with E-state index in [0.29, 0.717) is 0 Å². The minimum Gasteiger partial charge on any atom is -0.356 e. The number of aromatic nitrogens is 1. The summed E-state index contributed by atoms with van der Waals surface area (Å²) in [4.78, 5) is 8.68. The molecule has 2 aromatic rings. The first-order valence-electron chi connectivity index (χ1n) is 8.73. The number of aryl methyl sites for hydroxylation is 1. The highest BCUT2D eigenvalue weighted by atomic mass is 79.9. The van der Waals surface area contributed by atoms with Crippen LogP contribution in [-0.2, 0) is 11.8 Å². The van der Waals surface area contributed by atoms with E-state index in [2.05, 4.69) is 72.9 Å². The summed E-state index contributed by atoms with van der Waals surface area (Å²) in [5, 5.41) is 6.89. The van der Waals surface area contributed by atoms with Crippen LogP contribution >= 0.6 is 15.9 Å². The highest BCUT2D eigenvalue weighted by Crippen LogP contribution is 2.48. The monoisotopic (exact) mass is 400 g/mol. The summed E-state index contributed by atoms with van der Waals surface area (Å²) in [7, 11) is 1.82. The van der Waals surface area contributed by atoms with Crippen LogP contribution < -0.4 is 10.6 Å². The molecule has 0 saturated heterocycles. The fourth-order valence-corrected chi connectivity index (χ4v) is 3.38. The Kier molecular flexibility index (Phi) is 5.74. The van der Waals surface area contributed by atoms with Crippen LogP contribution in [0.5, 0.6) is 0 Å². The van der Waals surface area contributed by atoms with Crippen molar-refractivity contribution in [1.82, 2.24) is 15.6 Å². The molecule has 5 heteroatoms. The van der Waals surface area contributed by atoms with Gasteiger partial charge in [0.25, 0.3) is 0 Å². The molecule has 0 radical (unpaired) electrons. The Hall–Kier alpha value is -1.88. The van der Waals surface area contributed by atoms with Gasteiger partial charge in [-0.3, -0.25) is 9.98 Å². The van der Waals surface area contributed by atoms with Crippen molar-refractivity contribution < 1.29 is 0 Å². The van der Waals surface area contributed by atoms with Gasteiger partial charge < -0.3 is 10.6 Å². The standard InChI is InChI=1S/C20H25BrN4/c1-15-6-7-16(13-24-15)8-11-23-19(22-2)25-14-20(9-10-20)17-4-3-5-18(21)12-17/h3-7,12-13H,8-11,14H2,1-2H3,(H2,22,23,25). The van der Waals surface area contributed by atoms with Crippen molar-refractivity contribution in [1.29, 1.82) is 0 Å². The molecule has 0 bridgehead atoms. The lowest BCUT2D eigenvalue weighted by atomic mass is 9.96. The Labute approximate surface area is 158 Å². The third-order valence-electron chi connectivity index (χ3n) is 4.79. The summed E-state index contributed by atoms with van der Waals surface area (Å²) in [5.41, 5.74) is 3.94. The Morgan fingerprint density at radius 2 is 2.08 bits per heavy atom.